The molecule has 3 atom stereocenters. The molecule has 1 aliphatic rings. The molecule has 1 fully saturated rings. The first-order valence-corrected chi connectivity index (χ1v) is 8.01. The Labute approximate surface area is 134 Å². The van der Waals surface area contributed by atoms with Crippen molar-refractivity contribution < 1.29 is 18.0 Å². The number of carbonyl (C=O) groups is 1. The molecule has 128 valence electrons. The first-order chi connectivity index (χ1) is 10.8. The summed E-state index contributed by atoms with van der Waals surface area (Å²) < 4.78 is 38.2. The molecule has 0 spiro atoms. The zero-order chi connectivity index (χ0) is 17.0. The van der Waals surface area contributed by atoms with Gasteiger partial charge in [0.1, 0.15) is 0 Å². The van der Waals surface area contributed by atoms with Crippen molar-refractivity contribution in [3.05, 3.63) is 35.4 Å². The zero-order valence-corrected chi connectivity index (χ0v) is 13.4. The van der Waals surface area contributed by atoms with Crippen molar-refractivity contribution in [3.8, 4) is 0 Å². The summed E-state index contributed by atoms with van der Waals surface area (Å²) in [5, 5.41) is 5.67. The van der Waals surface area contributed by atoms with E-state index in [4.69, 9.17) is 0 Å². The van der Waals surface area contributed by atoms with Crippen LogP contribution in [0.2, 0.25) is 0 Å². The highest BCUT2D eigenvalue weighted by Crippen LogP contribution is 2.30. The number of amides is 2. The van der Waals surface area contributed by atoms with Gasteiger partial charge in [-0.05, 0) is 43.4 Å². The summed E-state index contributed by atoms with van der Waals surface area (Å²) in [4.78, 5) is 12.1. The van der Waals surface area contributed by atoms with Crippen LogP contribution in [0.15, 0.2) is 24.3 Å². The summed E-state index contributed by atoms with van der Waals surface area (Å²) in [6, 6.07) is 4.37. The number of alkyl halides is 3. The number of halogens is 3. The van der Waals surface area contributed by atoms with Crippen molar-refractivity contribution in [1.29, 1.82) is 0 Å². The van der Waals surface area contributed by atoms with Crippen LogP contribution >= 0.6 is 0 Å². The molecule has 0 radical (unpaired) electrons. The Morgan fingerprint density at radius 1 is 1.26 bits per heavy atom. The van der Waals surface area contributed by atoms with E-state index < -0.39 is 17.8 Å². The van der Waals surface area contributed by atoms with E-state index in [1.807, 2.05) is 0 Å². The van der Waals surface area contributed by atoms with Crippen molar-refractivity contribution in [2.45, 2.75) is 57.8 Å². The first kappa shape index (κ1) is 17.6. The van der Waals surface area contributed by atoms with Gasteiger partial charge in [-0.3, -0.25) is 0 Å². The van der Waals surface area contributed by atoms with Crippen LogP contribution in [0.5, 0.6) is 0 Å². The Morgan fingerprint density at radius 2 is 1.96 bits per heavy atom. The predicted octanol–water partition coefficient (Wildman–Crippen LogP) is 4.64. The SMILES string of the molecule is C[C@H](NC(=O)N[C@H]1CCCC[C@H]1C)c1cccc(C(F)(F)F)c1. The summed E-state index contributed by atoms with van der Waals surface area (Å²) in [5.74, 6) is 0.429. The average molecular weight is 328 g/mol. The second-order valence-electron chi connectivity index (χ2n) is 6.33. The van der Waals surface area contributed by atoms with E-state index in [-0.39, 0.29) is 12.1 Å². The molecule has 0 aromatic heterocycles. The van der Waals surface area contributed by atoms with Crippen LogP contribution in [-0.2, 0) is 6.18 Å². The summed E-state index contributed by atoms with van der Waals surface area (Å²) in [6.07, 6.45) is -0.0593. The fourth-order valence-electron chi connectivity index (χ4n) is 3.01. The maximum atomic E-state index is 12.7. The van der Waals surface area contributed by atoms with Gasteiger partial charge in [0.05, 0.1) is 11.6 Å². The van der Waals surface area contributed by atoms with E-state index in [9.17, 15) is 18.0 Å². The predicted molar refractivity (Wildman–Crippen MR) is 82.9 cm³/mol. The molecule has 2 rings (SSSR count). The minimum Gasteiger partial charge on any atom is -0.335 e. The lowest BCUT2D eigenvalue weighted by Crippen LogP contribution is -2.46. The fraction of sp³-hybridized carbons (Fsp3) is 0.588. The van der Waals surface area contributed by atoms with Gasteiger partial charge in [0.2, 0.25) is 0 Å². The highest BCUT2D eigenvalue weighted by atomic mass is 19.4. The molecule has 1 aliphatic carbocycles. The summed E-state index contributed by atoms with van der Waals surface area (Å²) in [5.41, 5.74) is -0.267. The van der Waals surface area contributed by atoms with Crippen LogP contribution in [0.25, 0.3) is 0 Å². The van der Waals surface area contributed by atoms with Crippen LogP contribution in [0, 0.1) is 5.92 Å². The zero-order valence-electron chi connectivity index (χ0n) is 13.4. The molecule has 6 heteroatoms. The van der Waals surface area contributed by atoms with Gasteiger partial charge >= 0.3 is 12.2 Å². The molecule has 1 aromatic carbocycles. The van der Waals surface area contributed by atoms with Crippen molar-refractivity contribution >= 4 is 6.03 Å². The normalized spacial score (nSPS) is 23.2. The van der Waals surface area contributed by atoms with Gasteiger partial charge in [-0.15, -0.1) is 0 Å². The quantitative estimate of drug-likeness (QED) is 0.833. The number of urea groups is 1. The third-order valence-electron chi connectivity index (χ3n) is 4.49. The van der Waals surface area contributed by atoms with Crippen LogP contribution in [0.3, 0.4) is 0 Å². The molecule has 0 bridgehead atoms. The minimum atomic E-state index is -4.38. The van der Waals surface area contributed by atoms with E-state index >= 15 is 0 Å². The van der Waals surface area contributed by atoms with E-state index in [1.165, 1.54) is 12.5 Å². The maximum Gasteiger partial charge on any atom is 0.416 e. The van der Waals surface area contributed by atoms with E-state index in [0.29, 0.717) is 11.5 Å². The van der Waals surface area contributed by atoms with E-state index in [1.54, 1.807) is 13.0 Å². The molecule has 1 aromatic rings. The number of benzene rings is 1. The van der Waals surface area contributed by atoms with Gasteiger partial charge < -0.3 is 10.6 Å². The van der Waals surface area contributed by atoms with Crippen LogP contribution in [0.1, 0.15) is 56.7 Å². The minimum absolute atomic E-state index is 0.137. The van der Waals surface area contributed by atoms with Gasteiger partial charge in [0.25, 0.3) is 0 Å². The van der Waals surface area contributed by atoms with Crippen LogP contribution in [0.4, 0.5) is 18.0 Å². The largest absolute Gasteiger partial charge is 0.416 e. The molecule has 2 N–H and O–H groups in total. The topological polar surface area (TPSA) is 41.1 Å². The molecular weight excluding hydrogens is 305 g/mol. The highest BCUT2D eigenvalue weighted by molar-refractivity contribution is 5.74. The number of nitrogens with one attached hydrogen (secondary N) is 2. The Balaban J connectivity index is 1.95. The lowest BCUT2D eigenvalue weighted by atomic mass is 9.86. The summed E-state index contributed by atoms with van der Waals surface area (Å²) in [7, 11) is 0. The number of hydrogen-bond acceptors (Lipinski definition) is 1. The third-order valence-corrected chi connectivity index (χ3v) is 4.49. The maximum absolute atomic E-state index is 12.7. The highest BCUT2D eigenvalue weighted by Gasteiger charge is 2.31. The Morgan fingerprint density at radius 3 is 2.61 bits per heavy atom. The van der Waals surface area contributed by atoms with Crippen LogP contribution < -0.4 is 10.6 Å². The molecule has 1 saturated carbocycles. The Hall–Kier alpha value is -1.72. The standard InChI is InChI=1S/C17H23F3N2O/c1-11-6-3-4-9-15(11)22-16(23)21-12(2)13-7-5-8-14(10-13)17(18,19)20/h5,7-8,10-12,15H,3-4,6,9H2,1-2H3,(H2,21,22,23)/t11-,12+,15+/m1/s1. The monoisotopic (exact) mass is 328 g/mol. The van der Waals surface area contributed by atoms with E-state index in [0.717, 1.165) is 31.4 Å². The smallest absolute Gasteiger partial charge is 0.335 e. The van der Waals surface area contributed by atoms with Gasteiger partial charge in [0, 0.05) is 6.04 Å². The first-order valence-electron chi connectivity index (χ1n) is 8.01. The second-order valence-corrected chi connectivity index (χ2v) is 6.33. The molecule has 0 saturated heterocycles. The molecular formula is C17H23F3N2O. The summed E-state index contributed by atoms with van der Waals surface area (Å²) in [6.45, 7) is 3.79. The van der Waals surface area contributed by atoms with Crippen molar-refractivity contribution in [3.63, 3.8) is 0 Å². The molecule has 0 unspecified atom stereocenters. The number of rotatable bonds is 3. The number of hydrogen-bond donors (Lipinski definition) is 2. The average Bonchev–Trinajstić information content (AvgIpc) is 2.49. The third kappa shape index (κ3) is 4.88. The molecule has 2 amide bonds. The Kier molecular flexibility index (Phi) is 5.55. The molecule has 0 aliphatic heterocycles. The van der Waals surface area contributed by atoms with Crippen molar-refractivity contribution in [1.82, 2.24) is 10.6 Å². The second kappa shape index (κ2) is 7.23. The van der Waals surface area contributed by atoms with Crippen LogP contribution in [-0.4, -0.2) is 12.1 Å². The van der Waals surface area contributed by atoms with Gasteiger partial charge in [-0.25, -0.2) is 4.79 Å². The van der Waals surface area contributed by atoms with Crippen molar-refractivity contribution in [2.24, 2.45) is 5.92 Å². The van der Waals surface area contributed by atoms with Gasteiger partial charge in [-0.1, -0.05) is 31.9 Å². The van der Waals surface area contributed by atoms with E-state index in [2.05, 4.69) is 17.6 Å². The van der Waals surface area contributed by atoms with Gasteiger partial charge in [0.15, 0.2) is 0 Å². The molecule has 0 heterocycles. The van der Waals surface area contributed by atoms with Gasteiger partial charge in [-0.2, -0.15) is 13.2 Å². The fourth-order valence-corrected chi connectivity index (χ4v) is 3.01. The Bertz CT molecular complexity index is 545. The molecule has 3 nitrogen and oxygen atoms in total. The lowest BCUT2D eigenvalue weighted by molar-refractivity contribution is -0.137. The number of carbonyl (C=O) groups excluding carboxylic acids is 1. The summed E-state index contributed by atoms with van der Waals surface area (Å²) >= 11 is 0. The molecule has 23 heavy (non-hydrogen) atoms. The van der Waals surface area contributed by atoms with Crippen molar-refractivity contribution in [2.75, 3.05) is 0 Å². The lowest BCUT2D eigenvalue weighted by Gasteiger charge is -2.30.